The highest BCUT2D eigenvalue weighted by Gasteiger charge is 2.14. The number of aromatic amines is 1. The molecule has 0 bridgehead atoms. The fourth-order valence-electron chi connectivity index (χ4n) is 2.42. The molecule has 0 aliphatic heterocycles. The second-order valence-corrected chi connectivity index (χ2v) is 4.99. The number of ether oxygens (including phenoxy) is 1. The van der Waals surface area contributed by atoms with E-state index in [0.717, 1.165) is 39.4 Å². The summed E-state index contributed by atoms with van der Waals surface area (Å²) in [5, 5.41) is 19.6. The van der Waals surface area contributed by atoms with Gasteiger partial charge in [-0.1, -0.05) is 12.1 Å². The monoisotopic (exact) mass is 298 g/mol. The third-order valence-corrected chi connectivity index (χ3v) is 3.42. The standard InChI is InChI=1S/C16H18N4O2/c1-10-8-13(17-6-7-21)15-16(18-10)14(19-20-15)11-4-3-5-12(9-11)22-2/h3-5,8-9,21H,6-7H2,1-2H3,(H,17,18)(H,19,20). The van der Waals surface area contributed by atoms with Gasteiger partial charge in [-0.2, -0.15) is 5.10 Å². The summed E-state index contributed by atoms with van der Waals surface area (Å²) in [7, 11) is 1.64. The van der Waals surface area contributed by atoms with Crippen LogP contribution < -0.4 is 10.1 Å². The molecular weight excluding hydrogens is 280 g/mol. The highest BCUT2D eigenvalue weighted by atomic mass is 16.5. The predicted octanol–water partition coefficient (Wildman–Crippen LogP) is 2.35. The van der Waals surface area contributed by atoms with E-state index in [2.05, 4.69) is 20.5 Å². The van der Waals surface area contributed by atoms with Crippen molar-refractivity contribution in [1.82, 2.24) is 15.2 Å². The van der Waals surface area contributed by atoms with Crippen molar-refractivity contribution >= 4 is 16.7 Å². The molecule has 0 aliphatic carbocycles. The molecule has 2 heterocycles. The average molecular weight is 298 g/mol. The Morgan fingerprint density at radius 1 is 1.32 bits per heavy atom. The molecule has 3 rings (SSSR count). The van der Waals surface area contributed by atoms with Gasteiger partial charge in [0.15, 0.2) is 0 Å². The van der Waals surface area contributed by atoms with Crippen molar-refractivity contribution < 1.29 is 9.84 Å². The van der Waals surface area contributed by atoms with Gasteiger partial charge in [-0.15, -0.1) is 0 Å². The lowest BCUT2D eigenvalue weighted by Gasteiger charge is -2.07. The lowest BCUT2D eigenvalue weighted by molar-refractivity contribution is 0.311. The predicted molar refractivity (Wildman–Crippen MR) is 86.2 cm³/mol. The van der Waals surface area contributed by atoms with Crippen molar-refractivity contribution in [3.05, 3.63) is 36.0 Å². The second-order valence-electron chi connectivity index (χ2n) is 4.99. The maximum absolute atomic E-state index is 8.99. The summed E-state index contributed by atoms with van der Waals surface area (Å²) < 4.78 is 5.27. The average Bonchev–Trinajstić information content (AvgIpc) is 2.96. The van der Waals surface area contributed by atoms with Crippen molar-refractivity contribution in [2.45, 2.75) is 6.92 Å². The number of anilines is 1. The zero-order valence-corrected chi connectivity index (χ0v) is 12.6. The number of pyridine rings is 1. The summed E-state index contributed by atoms with van der Waals surface area (Å²) in [4.78, 5) is 4.60. The van der Waals surface area contributed by atoms with Crippen LogP contribution in [-0.2, 0) is 0 Å². The van der Waals surface area contributed by atoms with E-state index in [1.54, 1.807) is 7.11 Å². The van der Waals surface area contributed by atoms with Crippen LogP contribution in [0.2, 0.25) is 0 Å². The minimum Gasteiger partial charge on any atom is -0.497 e. The van der Waals surface area contributed by atoms with Gasteiger partial charge in [-0.3, -0.25) is 5.10 Å². The molecule has 0 saturated carbocycles. The van der Waals surface area contributed by atoms with Crippen molar-refractivity contribution in [2.24, 2.45) is 0 Å². The van der Waals surface area contributed by atoms with E-state index in [1.165, 1.54) is 0 Å². The summed E-state index contributed by atoms with van der Waals surface area (Å²) in [6.07, 6.45) is 0. The molecule has 3 N–H and O–H groups in total. The van der Waals surface area contributed by atoms with Crippen molar-refractivity contribution in [3.63, 3.8) is 0 Å². The molecule has 0 aliphatic rings. The number of methoxy groups -OCH3 is 1. The quantitative estimate of drug-likeness (QED) is 0.673. The third kappa shape index (κ3) is 2.60. The van der Waals surface area contributed by atoms with Gasteiger partial charge < -0.3 is 15.2 Å². The van der Waals surface area contributed by atoms with Crippen LogP contribution in [0.4, 0.5) is 5.69 Å². The van der Waals surface area contributed by atoms with Gasteiger partial charge in [-0.25, -0.2) is 4.98 Å². The highest BCUT2D eigenvalue weighted by molar-refractivity contribution is 5.97. The van der Waals surface area contributed by atoms with Crippen LogP contribution in [0, 0.1) is 6.92 Å². The normalized spacial score (nSPS) is 10.9. The van der Waals surface area contributed by atoms with Crippen LogP contribution in [0.15, 0.2) is 30.3 Å². The van der Waals surface area contributed by atoms with E-state index < -0.39 is 0 Å². The molecule has 22 heavy (non-hydrogen) atoms. The molecule has 0 spiro atoms. The Kier molecular flexibility index (Phi) is 3.93. The van der Waals surface area contributed by atoms with Crippen LogP contribution in [0.3, 0.4) is 0 Å². The van der Waals surface area contributed by atoms with E-state index >= 15 is 0 Å². The fourth-order valence-corrected chi connectivity index (χ4v) is 2.42. The second kappa shape index (κ2) is 6.03. The van der Waals surface area contributed by atoms with E-state index in [0.29, 0.717) is 6.54 Å². The topological polar surface area (TPSA) is 83.1 Å². The molecule has 114 valence electrons. The molecule has 1 aromatic carbocycles. The number of H-pyrrole nitrogens is 1. The zero-order valence-electron chi connectivity index (χ0n) is 12.6. The molecule has 0 unspecified atom stereocenters. The first-order valence-corrected chi connectivity index (χ1v) is 7.08. The Hall–Kier alpha value is -2.60. The zero-order chi connectivity index (χ0) is 15.5. The summed E-state index contributed by atoms with van der Waals surface area (Å²) in [6.45, 7) is 2.48. The maximum atomic E-state index is 8.99. The SMILES string of the molecule is COc1cccc(-c2n[nH]c3c(NCCO)cc(C)nc23)c1. The first-order chi connectivity index (χ1) is 10.7. The van der Waals surface area contributed by atoms with E-state index in [-0.39, 0.29) is 6.61 Å². The van der Waals surface area contributed by atoms with Crippen LogP contribution in [0.25, 0.3) is 22.3 Å². The summed E-state index contributed by atoms with van der Waals surface area (Å²) in [6, 6.07) is 9.66. The maximum Gasteiger partial charge on any atom is 0.119 e. The number of aliphatic hydroxyl groups is 1. The number of rotatable bonds is 5. The molecule has 6 nitrogen and oxygen atoms in total. The number of benzene rings is 1. The highest BCUT2D eigenvalue weighted by Crippen LogP contribution is 2.31. The lowest BCUT2D eigenvalue weighted by Crippen LogP contribution is -2.06. The summed E-state index contributed by atoms with van der Waals surface area (Å²) in [5.41, 5.74) is 5.13. The van der Waals surface area contributed by atoms with Crippen molar-refractivity contribution in [3.8, 4) is 17.0 Å². The lowest BCUT2D eigenvalue weighted by atomic mass is 10.1. The summed E-state index contributed by atoms with van der Waals surface area (Å²) in [5.74, 6) is 0.778. The molecule has 0 saturated heterocycles. The molecule has 0 fully saturated rings. The fraction of sp³-hybridized carbons (Fsp3) is 0.250. The van der Waals surface area contributed by atoms with E-state index in [4.69, 9.17) is 9.84 Å². The van der Waals surface area contributed by atoms with Gasteiger partial charge in [0.25, 0.3) is 0 Å². The van der Waals surface area contributed by atoms with Gasteiger partial charge >= 0.3 is 0 Å². The van der Waals surface area contributed by atoms with Gasteiger partial charge in [0.1, 0.15) is 22.5 Å². The number of nitrogens with zero attached hydrogens (tertiary/aromatic N) is 2. The number of hydrogen-bond donors (Lipinski definition) is 3. The Labute approximate surface area is 128 Å². The number of aryl methyl sites for hydroxylation is 1. The molecule has 0 radical (unpaired) electrons. The van der Waals surface area contributed by atoms with Crippen molar-refractivity contribution in [2.75, 3.05) is 25.6 Å². The largest absolute Gasteiger partial charge is 0.497 e. The summed E-state index contributed by atoms with van der Waals surface area (Å²) >= 11 is 0. The Balaban J connectivity index is 2.13. The first-order valence-electron chi connectivity index (χ1n) is 7.08. The Morgan fingerprint density at radius 2 is 2.18 bits per heavy atom. The van der Waals surface area contributed by atoms with E-state index in [1.807, 2.05) is 37.3 Å². The van der Waals surface area contributed by atoms with Gasteiger partial charge in [0.05, 0.1) is 19.4 Å². The Bertz CT molecular complexity index is 798. The first kappa shape index (κ1) is 14.3. The molecular formula is C16H18N4O2. The van der Waals surface area contributed by atoms with E-state index in [9.17, 15) is 0 Å². The minimum absolute atomic E-state index is 0.0692. The van der Waals surface area contributed by atoms with Crippen LogP contribution in [0.1, 0.15) is 5.69 Å². The van der Waals surface area contributed by atoms with Gasteiger partial charge in [-0.05, 0) is 25.1 Å². The number of aliphatic hydroxyl groups excluding tert-OH is 1. The number of nitrogens with one attached hydrogen (secondary N) is 2. The van der Waals surface area contributed by atoms with Crippen LogP contribution in [-0.4, -0.2) is 40.5 Å². The number of fused-ring (bicyclic) bond motifs is 1. The molecule has 3 aromatic rings. The molecule has 2 aromatic heterocycles. The van der Waals surface area contributed by atoms with Gasteiger partial charge in [0.2, 0.25) is 0 Å². The molecule has 6 heteroatoms. The molecule has 0 atom stereocenters. The number of hydrogen-bond acceptors (Lipinski definition) is 5. The van der Waals surface area contributed by atoms with Crippen molar-refractivity contribution in [1.29, 1.82) is 0 Å². The number of aromatic nitrogens is 3. The van der Waals surface area contributed by atoms with Crippen LogP contribution in [0.5, 0.6) is 5.75 Å². The third-order valence-electron chi connectivity index (χ3n) is 3.42. The smallest absolute Gasteiger partial charge is 0.119 e. The Morgan fingerprint density at radius 3 is 2.95 bits per heavy atom. The van der Waals surface area contributed by atoms with Crippen LogP contribution >= 0.6 is 0 Å². The minimum atomic E-state index is 0.0692. The molecule has 0 amide bonds. The van der Waals surface area contributed by atoms with Gasteiger partial charge in [0, 0.05) is 17.8 Å².